The van der Waals surface area contributed by atoms with E-state index < -0.39 is 10.9 Å². The van der Waals surface area contributed by atoms with Crippen LogP contribution in [0.15, 0.2) is 30.3 Å². The molecule has 0 fully saturated rings. The Morgan fingerprint density at radius 2 is 2.14 bits per heavy atom. The number of nitrogens with one attached hydrogen (secondary N) is 1. The van der Waals surface area contributed by atoms with Crippen molar-refractivity contribution in [2.24, 2.45) is 0 Å². The molecule has 1 N–H and O–H groups in total. The lowest BCUT2D eigenvalue weighted by molar-refractivity contribution is -0.384. The number of pyridine rings is 1. The molecule has 3 rings (SSSR count). The van der Waals surface area contributed by atoms with E-state index in [0.29, 0.717) is 27.1 Å². The van der Waals surface area contributed by atoms with E-state index in [2.05, 4.69) is 4.98 Å². The first-order valence-corrected chi connectivity index (χ1v) is 6.79. The molecular weight excluding hydrogens is 304 g/mol. The summed E-state index contributed by atoms with van der Waals surface area (Å²) in [5.74, 6) is -0.184. The second-order valence-corrected chi connectivity index (χ2v) is 5.23. The highest BCUT2D eigenvalue weighted by atomic mass is 32.1. The number of hydrogen-bond donors (Lipinski definition) is 1. The predicted octanol–water partition coefficient (Wildman–Crippen LogP) is 3.63. The van der Waals surface area contributed by atoms with E-state index >= 15 is 0 Å². The number of rotatable bonds is 2. The maximum atomic E-state index is 11.9. The highest BCUT2D eigenvalue weighted by Crippen LogP contribution is 2.32. The number of fused-ring (bicyclic) bond motifs is 1. The van der Waals surface area contributed by atoms with Gasteiger partial charge in [0, 0.05) is 23.4 Å². The standard InChI is InChI=1S/C15H10N2O4S/c1-8-5-11-12(21-15(18)13(11)14(22)16-8)7-9-3-2-4-10(6-9)17(19)20/h2-7H,1H3,(H,16,22)/b12-7-. The van der Waals surface area contributed by atoms with Crippen molar-refractivity contribution in [3.05, 3.63) is 67.5 Å². The molecule has 0 bridgehead atoms. The molecule has 0 saturated heterocycles. The van der Waals surface area contributed by atoms with Crippen LogP contribution in [-0.2, 0) is 4.74 Å². The number of cyclic esters (lactones) is 1. The van der Waals surface area contributed by atoms with Crippen LogP contribution in [0.2, 0.25) is 0 Å². The highest BCUT2D eigenvalue weighted by molar-refractivity contribution is 7.71. The summed E-state index contributed by atoms with van der Waals surface area (Å²) in [7, 11) is 0. The first-order valence-electron chi connectivity index (χ1n) is 6.38. The molecule has 1 aromatic carbocycles. The Kier molecular flexibility index (Phi) is 3.34. The van der Waals surface area contributed by atoms with Crippen LogP contribution < -0.4 is 0 Å². The van der Waals surface area contributed by atoms with E-state index in [1.165, 1.54) is 12.1 Å². The molecular formula is C15H10N2O4S. The number of aromatic nitrogens is 1. The first kappa shape index (κ1) is 14.2. The lowest BCUT2D eigenvalue weighted by Crippen LogP contribution is -1.97. The number of hydrogen-bond acceptors (Lipinski definition) is 5. The van der Waals surface area contributed by atoms with Crippen molar-refractivity contribution in [3.8, 4) is 0 Å². The smallest absolute Gasteiger partial charge is 0.347 e. The molecule has 0 aliphatic carbocycles. The maximum Gasteiger partial charge on any atom is 0.347 e. The van der Waals surface area contributed by atoms with Gasteiger partial charge in [-0.05, 0) is 24.6 Å². The Labute approximate surface area is 130 Å². The average molecular weight is 314 g/mol. The number of carbonyl (C=O) groups is 1. The topological polar surface area (TPSA) is 85.2 Å². The van der Waals surface area contributed by atoms with Gasteiger partial charge >= 0.3 is 5.97 Å². The molecule has 22 heavy (non-hydrogen) atoms. The number of nitro groups is 1. The van der Waals surface area contributed by atoms with E-state index in [4.69, 9.17) is 17.0 Å². The van der Waals surface area contributed by atoms with Crippen molar-refractivity contribution < 1.29 is 14.5 Å². The van der Waals surface area contributed by atoms with Crippen molar-refractivity contribution in [1.29, 1.82) is 0 Å². The van der Waals surface area contributed by atoms with Gasteiger partial charge in [0.2, 0.25) is 0 Å². The van der Waals surface area contributed by atoms with Crippen LogP contribution in [0.1, 0.15) is 27.2 Å². The first-order chi connectivity index (χ1) is 10.5. The molecule has 7 heteroatoms. The Balaban J connectivity index is 2.12. The summed E-state index contributed by atoms with van der Waals surface area (Å²) in [5, 5.41) is 10.8. The molecule has 6 nitrogen and oxygen atoms in total. The Morgan fingerprint density at radius 1 is 1.36 bits per heavy atom. The summed E-state index contributed by atoms with van der Waals surface area (Å²) in [6, 6.07) is 7.85. The molecule has 0 amide bonds. The molecule has 1 aromatic heterocycles. The number of H-pyrrole nitrogens is 1. The minimum absolute atomic E-state index is 0.0274. The fraction of sp³-hybridized carbons (Fsp3) is 0.0667. The van der Waals surface area contributed by atoms with Gasteiger partial charge in [0.15, 0.2) is 0 Å². The Hall–Kier alpha value is -2.80. The fourth-order valence-electron chi connectivity index (χ4n) is 2.28. The van der Waals surface area contributed by atoms with Crippen molar-refractivity contribution in [2.75, 3.05) is 0 Å². The second kappa shape index (κ2) is 5.19. The van der Waals surface area contributed by atoms with E-state index in [0.717, 1.165) is 5.69 Å². The number of benzene rings is 1. The molecule has 110 valence electrons. The monoisotopic (exact) mass is 314 g/mol. The zero-order valence-electron chi connectivity index (χ0n) is 11.5. The fourth-order valence-corrected chi connectivity index (χ4v) is 2.63. The number of nitrogens with zero attached hydrogens (tertiary/aromatic N) is 1. The Bertz CT molecular complexity index is 899. The van der Waals surface area contributed by atoms with E-state index in [1.807, 2.05) is 6.92 Å². The minimum Gasteiger partial charge on any atom is -0.422 e. The summed E-state index contributed by atoms with van der Waals surface area (Å²) in [5.41, 5.74) is 2.25. The molecule has 1 aliphatic rings. The molecule has 0 saturated carbocycles. The van der Waals surface area contributed by atoms with Gasteiger partial charge in [0.1, 0.15) is 16.0 Å². The lowest BCUT2D eigenvalue weighted by atomic mass is 10.1. The quantitative estimate of drug-likeness (QED) is 0.396. The molecule has 2 aromatic rings. The maximum absolute atomic E-state index is 11.9. The summed E-state index contributed by atoms with van der Waals surface area (Å²) >= 11 is 5.14. The van der Waals surface area contributed by atoms with Crippen molar-refractivity contribution >= 4 is 35.7 Å². The number of ether oxygens (including phenoxy) is 1. The lowest BCUT2D eigenvalue weighted by Gasteiger charge is -2.01. The third kappa shape index (κ3) is 2.42. The third-order valence-electron chi connectivity index (χ3n) is 3.22. The van der Waals surface area contributed by atoms with Crippen molar-refractivity contribution in [2.45, 2.75) is 6.92 Å². The predicted molar refractivity (Wildman–Crippen MR) is 82.7 cm³/mol. The number of carbonyl (C=O) groups excluding carboxylic acids is 1. The van der Waals surface area contributed by atoms with Gasteiger partial charge in [-0.1, -0.05) is 24.4 Å². The number of non-ortho nitro benzene ring substituents is 1. The highest BCUT2D eigenvalue weighted by Gasteiger charge is 2.28. The summed E-state index contributed by atoms with van der Waals surface area (Å²) < 4.78 is 5.56. The van der Waals surface area contributed by atoms with Gasteiger partial charge in [-0.2, -0.15) is 0 Å². The molecule has 2 heterocycles. The average Bonchev–Trinajstić information content (AvgIpc) is 2.75. The van der Waals surface area contributed by atoms with Crippen LogP contribution >= 0.6 is 12.2 Å². The van der Waals surface area contributed by atoms with Crippen LogP contribution in [-0.4, -0.2) is 15.9 Å². The van der Waals surface area contributed by atoms with Crippen molar-refractivity contribution in [3.63, 3.8) is 0 Å². The van der Waals surface area contributed by atoms with Crippen LogP contribution in [0.4, 0.5) is 5.69 Å². The minimum atomic E-state index is -0.520. The zero-order valence-corrected chi connectivity index (χ0v) is 12.3. The molecule has 1 aliphatic heterocycles. The summed E-state index contributed by atoms with van der Waals surface area (Å²) in [4.78, 5) is 25.2. The molecule has 0 atom stereocenters. The van der Waals surface area contributed by atoms with Crippen LogP contribution in [0, 0.1) is 21.7 Å². The van der Waals surface area contributed by atoms with Gasteiger partial charge in [0.25, 0.3) is 5.69 Å². The van der Waals surface area contributed by atoms with E-state index in [1.54, 1.807) is 24.3 Å². The number of esters is 1. The van der Waals surface area contributed by atoms with E-state index in [9.17, 15) is 14.9 Å². The van der Waals surface area contributed by atoms with Gasteiger partial charge < -0.3 is 9.72 Å². The summed E-state index contributed by atoms with van der Waals surface area (Å²) in [6.45, 7) is 1.82. The van der Waals surface area contributed by atoms with Gasteiger partial charge in [0.05, 0.1) is 4.92 Å². The molecule has 0 unspecified atom stereocenters. The van der Waals surface area contributed by atoms with Crippen molar-refractivity contribution in [1.82, 2.24) is 4.98 Å². The van der Waals surface area contributed by atoms with Crippen LogP contribution in [0.3, 0.4) is 0 Å². The van der Waals surface area contributed by atoms with E-state index in [-0.39, 0.29) is 5.69 Å². The van der Waals surface area contributed by atoms with Crippen LogP contribution in [0.5, 0.6) is 0 Å². The largest absolute Gasteiger partial charge is 0.422 e. The zero-order chi connectivity index (χ0) is 15.9. The number of nitro benzene ring substituents is 1. The number of aryl methyl sites for hydroxylation is 1. The van der Waals surface area contributed by atoms with Gasteiger partial charge in [-0.15, -0.1) is 0 Å². The Morgan fingerprint density at radius 3 is 2.86 bits per heavy atom. The van der Waals surface area contributed by atoms with Gasteiger partial charge in [-0.3, -0.25) is 10.1 Å². The molecule has 0 spiro atoms. The SMILES string of the molecule is Cc1cc2c(c(=S)[nH]1)C(=O)O/C2=C\c1cccc([N+](=O)[O-])c1. The van der Waals surface area contributed by atoms with Gasteiger partial charge in [-0.25, -0.2) is 4.79 Å². The number of aromatic amines is 1. The molecule has 0 radical (unpaired) electrons. The van der Waals surface area contributed by atoms with Crippen LogP contribution in [0.25, 0.3) is 11.8 Å². The normalized spacial score (nSPS) is 14.8. The second-order valence-electron chi connectivity index (χ2n) is 4.82. The summed E-state index contributed by atoms with van der Waals surface area (Å²) in [6.07, 6.45) is 1.59. The third-order valence-corrected chi connectivity index (χ3v) is 3.53.